The fourth-order valence-electron chi connectivity index (χ4n) is 1.17. The fraction of sp³-hybridized carbons (Fsp3) is 0.300. The highest BCUT2D eigenvalue weighted by Gasteiger charge is 2.01. The van der Waals surface area contributed by atoms with Crippen molar-refractivity contribution in [3.8, 4) is 0 Å². The van der Waals surface area contributed by atoms with Crippen molar-refractivity contribution in [2.45, 2.75) is 13.5 Å². The molecule has 0 spiro atoms. The van der Waals surface area contributed by atoms with E-state index >= 15 is 0 Å². The van der Waals surface area contributed by atoms with E-state index in [9.17, 15) is 4.79 Å². The van der Waals surface area contributed by atoms with Gasteiger partial charge < -0.3 is 5.32 Å². The van der Waals surface area contributed by atoms with Crippen LogP contribution in [0.1, 0.15) is 12.5 Å². The standard InChI is InChI=1S/C10H15N3O.ClH/c1-8(14)13-10-6-4-3-5-9(10)7-12-11-2;/h3-6,11-12H,7H2,1-2H3,(H,13,14);1H. The van der Waals surface area contributed by atoms with Crippen LogP contribution in [0.5, 0.6) is 0 Å². The molecule has 0 aromatic heterocycles. The highest BCUT2D eigenvalue weighted by Crippen LogP contribution is 2.14. The van der Waals surface area contributed by atoms with Gasteiger partial charge in [0.2, 0.25) is 5.91 Å². The fourth-order valence-corrected chi connectivity index (χ4v) is 1.17. The summed E-state index contributed by atoms with van der Waals surface area (Å²) in [6.07, 6.45) is 0. The van der Waals surface area contributed by atoms with Gasteiger partial charge in [-0.3, -0.25) is 15.6 Å². The van der Waals surface area contributed by atoms with Gasteiger partial charge in [-0.05, 0) is 18.7 Å². The number of halogens is 1. The first-order valence-corrected chi connectivity index (χ1v) is 4.49. The Labute approximate surface area is 95.8 Å². The summed E-state index contributed by atoms with van der Waals surface area (Å²) in [5.41, 5.74) is 7.71. The van der Waals surface area contributed by atoms with Gasteiger partial charge in [0.15, 0.2) is 0 Å². The molecule has 0 aliphatic carbocycles. The van der Waals surface area contributed by atoms with Crippen LogP contribution >= 0.6 is 12.4 Å². The molecule has 84 valence electrons. The molecule has 1 amide bonds. The Balaban J connectivity index is 0.00000196. The molecule has 3 N–H and O–H groups in total. The predicted molar refractivity (Wildman–Crippen MR) is 63.9 cm³/mol. The average Bonchev–Trinajstić information content (AvgIpc) is 2.16. The monoisotopic (exact) mass is 229 g/mol. The molecule has 0 aliphatic heterocycles. The zero-order chi connectivity index (χ0) is 10.4. The number of hydrogen-bond donors (Lipinski definition) is 3. The summed E-state index contributed by atoms with van der Waals surface area (Å²) in [4.78, 5) is 10.9. The first kappa shape index (κ1) is 13.9. The van der Waals surface area contributed by atoms with Crippen molar-refractivity contribution in [1.82, 2.24) is 10.9 Å². The molecule has 0 atom stereocenters. The summed E-state index contributed by atoms with van der Waals surface area (Å²) in [6.45, 7) is 2.18. The SMILES string of the molecule is CNNCc1ccccc1NC(C)=O.Cl. The summed E-state index contributed by atoms with van der Waals surface area (Å²) in [5.74, 6) is -0.0538. The van der Waals surface area contributed by atoms with E-state index in [-0.39, 0.29) is 18.3 Å². The lowest BCUT2D eigenvalue weighted by Crippen LogP contribution is -2.27. The summed E-state index contributed by atoms with van der Waals surface area (Å²) in [5, 5.41) is 2.78. The molecule has 0 saturated heterocycles. The van der Waals surface area contributed by atoms with E-state index in [0.717, 1.165) is 11.3 Å². The molecule has 4 nitrogen and oxygen atoms in total. The van der Waals surface area contributed by atoms with Crippen LogP contribution in [0.2, 0.25) is 0 Å². The molecule has 0 saturated carbocycles. The minimum Gasteiger partial charge on any atom is -0.326 e. The Morgan fingerprint density at radius 3 is 2.60 bits per heavy atom. The summed E-state index contributed by atoms with van der Waals surface area (Å²) >= 11 is 0. The molecular weight excluding hydrogens is 214 g/mol. The Morgan fingerprint density at radius 1 is 1.33 bits per heavy atom. The number of anilines is 1. The molecule has 0 aliphatic rings. The lowest BCUT2D eigenvalue weighted by Gasteiger charge is -2.09. The number of carbonyl (C=O) groups excluding carboxylic acids is 1. The van der Waals surface area contributed by atoms with Gasteiger partial charge in [0.1, 0.15) is 0 Å². The van der Waals surface area contributed by atoms with E-state index in [1.807, 2.05) is 24.3 Å². The van der Waals surface area contributed by atoms with Crippen LogP contribution in [-0.2, 0) is 11.3 Å². The molecular formula is C10H16ClN3O. The third kappa shape index (κ3) is 4.78. The molecule has 0 radical (unpaired) electrons. The van der Waals surface area contributed by atoms with Crippen LogP contribution in [-0.4, -0.2) is 13.0 Å². The highest BCUT2D eigenvalue weighted by atomic mass is 35.5. The topological polar surface area (TPSA) is 53.2 Å². The van der Waals surface area contributed by atoms with E-state index in [4.69, 9.17) is 0 Å². The third-order valence-corrected chi connectivity index (χ3v) is 1.78. The summed E-state index contributed by atoms with van der Waals surface area (Å²) < 4.78 is 0. The molecule has 1 aromatic carbocycles. The van der Waals surface area contributed by atoms with Crippen LogP contribution in [0.15, 0.2) is 24.3 Å². The summed E-state index contributed by atoms with van der Waals surface area (Å²) in [7, 11) is 1.81. The van der Waals surface area contributed by atoms with Gasteiger partial charge in [-0.25, -0.2) is 0 Å². The second-order valence-corrected chi connectivity index (χ2v) is 2.94. The molecule has 0 heterocycles. The van der Waals surface area contributed by atoms with Crippen molar-refractivity contribution in [1.29, 1.82) is 0 Å². The maximum Gasteiger partial charge on any atom is 0.221 e. The van der Waals surface area contributed by atoms with Crippen molar-refractivity contribution in [3.63, 3.8) is 0 Å². The Hall–Kier alpha value is -1.10. The smallest absolute Gasteiger partial charge is 0.221 e. The van der Waals surface area contributed by atoms with Crippen LogP contribution in [0, 0.1) is 0 Å². The molecule has 1 rings (SSSR count). The number of hydrazine groups is 1. The maximum absolute atomic E-state index is 10.9. The zero-order valence-electron chi connectivity index (χ0n) is 8.83. The maximum atomic E-state index is 10.9. The first-order chi connectivity index (χ1) is 6.74. The number of rotatable bonds is 4. The molecule has 1 aromatic rings. The molecule has 0 fully saturated rings. The average molecular weight is 230 g/mol. The van der Waals surface area contributed by atoms with Crippen LogP contribution in [0.4, 0.5) is 5.69 Å². The number of carbonyl (C=O) groups is 1. The number of nitrogens with one attached hydrogen (secondary N) is 3. The predicted octanol–water partition coefficient (Wildman–Crippen LogP) is 1.29. The van der Waals surface area contributed by atoms with E-state index in [1.165, 1.54) is 6.92 Å². The minimum atomic E-state index is -0.0538. The Morgan fingerprint density at radius 2 is 2.00 bits per heavy atom. The van der Waals surface area contributed by atoms with E-state index in [0.29, 0.717) is 6.54 Å². The lowest BCUT2D eigenvalue weighted by atomic mass is 10.2. The van der Waals surface area contributed by atoms with Gasteiger partial charge in [-0.15, -0.1) is 12.4 Å². The van der Waals surface area contributed by atoms with Crippen LogP contribution in [0.25, 0.3) is 0 Å². The van der Waals surface area contributed by atoms with Gasteiger partial charge in [0, 0.05) is 19.2 Å². The number of benzene rings is 1. The molecule has 0 unspecified atom stereocenters. The zero-order valence-corrected chi connectivity index (χ0v) is 9.65. The number of amides is 1. The normalized spacial score (nSPS) is 9.20. The number of para-hydroxylation sites is 1. The van der Waals surface area contributed by atoms with Crippen molar-refractivity contribution in [2.24, 2.45) is 0 Å². The van der Waals surface area contributed by atoms with Gasteiger partial charge >= 0.3 is 0 Å². The first-order valence-electron chi connectivity index (χ1n) is 4.49. The van der Waals surface area contributed by atoms with Crippen molar-refractivity contribution in [2.75, 3.05) is 12.4 Å². The Kier molecular flexibility index (Phi) is 6.70. The van der Waals surface area contributed by atoms with Gasteiger partial charge in [-0.2, -0.15) is 0 Å². The summed E-state index contributed by atoms with van der Waals surface area (Å²) in [6, 6.07) is 7.69. The van der Waals surface area contributed by atoms with Crippen molar-refractivity contribution in [3.05, 3.63) is 29.8 Å². The number of hydrogen-bond acceptors (Lipinski definition) is 3. The largest absolute Gasteiger partial charge is 0.326 e. The van der Waals surface area contributed by atoms with Gasteiger partial charge in [-0.1, -0.05) is 18.2 Å². The minimum absolute atomic E-state index is 0. The third-order valence-electron chi connectivity index (χ3n) is 1.78. The lowest BCUT2D eigenvalue weighted by molar-refractivity contribution is -0.114. The molecule has 15 heavy (non-hydrogen) atoms. The highest BCUT2D eigenvalue weighted by molar-refractivity contribution is 5.89. The second-order valence-electron chi connectivity index (χ2n) is 2.94. The van der Waals surface area contributed by atoms with Crippen molar-refractivity contribution < 1.29 is 4.79 Å². The van der Waals surface area contributed by atoms with E-state index in [2.05, 4.69) is 16.2 Å². The van der Waals surface area contributed by atoms with E-state index in [1.54, 1.807) is 7.05 Å². The Bertz CT molecular complexity index is 317. The quantitative estimate of drug-likeness (QED) is 0.682. The van der Waals surface area contributed by atoms with Crippen LogP contribution < -0.4 is 16.2 Å². The van der Waals surface area contributed by atoms with Crippen molar-refractivity contribution >= 4 is 24.0 Å². The molecule has 0 bridgehead atoms. The second kappa shape index (κ2) is 7.23. The van der Waals surface area contributed by atoms with Gasteiger partial charge in [0.05, 0.1) is 0 Å². The molecule has 5 heteroatoms. The van der Waals surface area contributed by atoms with Gasteiger partial charge in [0.25, 0.3) is 0 Å². The van der Waals surface area contributed by atoms with Crippen LogP contribution in [0.3, 0.4) is 0 Å². The van der Waals surface area contributed by atoms with E-state index < -0.39 is 0 Å².